The maximum absolute atomic E-state index is 12.0. The van der Waals surface area contributed by atoms with Gasteiger partial charge in [-0.3, -0.25) is 14.1 Å². The molecule has 0 unspecified atom stereocenters. The number of hydrogen-bond donors (Lipinski definition) is 0. The molecule has 3 aromatic rings. The predicted molar refractivity (Wildman–Crippen MR) is 93.3 cm³/mol. The van der Waals surface area contributed by atoms with Crippen molar-refractivity contribution in [1.82, 2.24) is 14.3 Å². The van der Waals surface area contributed by atoms with Crippen LogP contribution in [-0.2, 0) is 6.54 Å². The van der Waals surface area contributed by atoms with E-state index in [-0.39, 0.29) is 5.56 Å². The van der Waals surface area contributed by atoms with Gasteiger partial charge in [0.1, 0.15) is 0 Å². The minimum Gasteiger partial charge on any atom is -0.369 e. The van der Waals surface area contributed by atoms with Crippen molar-refractivity contribution in [2.75, 3.05) is 31.1 Å². The molecule has 1 aliphatic rings. The van der Waals surface area contributed by atoms with Gasteiger partial charge in [-0.15, -0.1) is 11.3 Å². The number of fused-ring (bicyclic) bond motifs is 1. The maximum Gasteiger partial charge on any atom is 0.258 e. The predicted octanol–water partition coefficient (Wildman–Crippen LogP) is 2.08. The van der Waals surface area contributed by atoms with E-state index in [2.05, 4.69) is 39.0 Å². The number of para-hydroxylation sites is 1. The van der Waals surface area contributed by atoms with Crippen LogP contribution in [0.4, 0.5) is 5.69 Å². The minimum absolute atomic E-state index is 0.00849. The van der Waals surface area contributed by atoms with E-state index in [0.717, 1.165) is 43.4 Å². The number of benzene rings is 1. The lowest BCUT2D eigenvalue weighted by Crippen LogP contribution is -2.46. The number of anilines is 1. The van der Waals surface area contributed by atoms with Crippen molar-refractivity contribution in [3.05, 3.63) is 64.0 Å². The summed E-state index contributed by atoms with van der Waals surface area (Å²) in [6.07, 6.45) is 1.78. The van der Waals surface area contributed by atoms with Crippen molar-refractivity contribution in [3.63, 3.8) is 0 Å². The minimum atomic E-state index is 0.00849. The standard InChI is InChI=1S/C17H18N4OS/c22-16-12-14(18-17-21(16)10-11-23-17)13-19-6-8-20(9-7-19)15-4-2-1-3-5-15/h1-5,10-12H,6-9,13H2. The van der Waals surface area contributed by atoms with Crippen molar-refractivity contribution < 1.29 is 0 Å². The van der Waals surface area contributed by atoms with Crippen LogP contribution < -0.4 is 10.5 Å². The summed E-state index contributed by atoms with van der Waals surface area (Å²) in [6.45, 7) is 4.72. The first-order chi connectivity index (χ1) is 11.3. The molecule has 1 aromatic carbocycles. The summed E-state index contributed by atoms with van der Waals surface area (Å²) in [4.78, 5) is 22.2. The summed E-state index contributed by atoms with van der Waals surface area (Å²) >= 11 is 1.50. The number of hydrogen-bond acceptors (Lipinski definition) is 5. The van der Waals surface area contributed by atoms with Crippen LogP contribution >= 0.6 is 11.3 Å². The SMILES string of the molecule is O=c1cc(CN2CCN(c3ccccc3)CC2)nc2sccn12. The lowest BCUT2D eigenvalue weighted by atomic mass is 10.2. The van der Waals surface area contributed by atoms with Crippen LogP contribution in [-0.4, -0.2) is 40.5 Å². The smallest absolute Gasteiger partial charge is 0.258 e. The Hall–Kier alpha value is -2.18. The second-order valence-corrected chi connectivity index (χ2v) is 6.61. The summed E-state index contributed by atoms with van der Waals surface area (Å²) < 4.78 is 1.60. The first kappa shape index (κ1) is 14.4. The third-order valence-corrected chi connectivity index (χ3v) is 4.99. The molecule has 1 saturated heterocycles. The Balaban J connectivity index is 1.43. The van der Waals surface area contributed by atoms with Gasteiger partial charge < -0.3 is 4.90 Å². The van der Waals surface area contributed by atoms with Gasteiger partial charge in [0, 0.05) is 56.1 Å². The largest absolute Gasteiger partial charge is 0.369 e. The highest BCUT2D eigenvalue weighted by Crippen LogP contribution is 2.16. The van der Waals surface area contributed by atoms with Crippen molar-refractivity contribution in [3.8, 4) is 0 Å². The average Bonchev–Trinajstić information content (AvgIpc) is 3.05. The van der Waals surface area contributed by atoms with E-state index >= 15 is 0 Å². The normalized spacial score (nSPS) is 16.1. The van der Waals surface area contributed by atoms with Crippen molar-refractivity contribution >= 4 is 22.0 Å². The van der Waals surface area contributed by atoms with E-state index in [9.17, 15) is 4.79 Å². The monoisotopic (exact) mass is 326 g/mol. The molecule has 0 atom stereocenters. The molecule has 1 fully saturated rings. The topological polar surface area (TPSA) is 40.9 Å². The molecule has 0 amide bonds. The van der Waals surface area contributed by atoms with Crippen molar-refractivity contribution in [2.45, 2.75) is 6.54 Å². The zero-order valence-electron chi connectivity index (χ0n) is 12.8. The molecule has 6 heteroatoms. The number of aromatic nitrogens is 2. The van der Waals surface area contributed by atoms with Crippen molar-refractivity contribution in [2.24, 2.45) is 0 Å². The summed E-state index contributed by atoms with van der Waals surface area (Å²) in [5.41, 5.74) is 2.16. The van der Waals surface area contributed by atoms with Gasteiger partial charge in [0.15, 0.2) is 4.96 Å². The molecule has 3 heterocycles. The molecule has 0 N–H and O–H groups in total. The highest BCUT2D eigenvalue weighted by atomic mass is 32.1. The Bertz CT molecular complexity index is 850. The second-order valence-electron chi connectivity index (χ2n) is 5.74. The van der Waals surface area contributed by atoms with Crippen LogP contribution in [0.2, 0.25) is 0 Å². The molecule has 118 valence electrons. The average molecular weight is 326 g/mol. The van der Waals surface area contributed by atoms with Crippen molar-refractivity contribution in [1.29, 1.82) is 0 Å². The first-order valence-corrected chi connectivity index (χ1v) is 8.66. The molecule has 2 aromatic heterocycles. The number of rotatable bonds is 3. The fraction of sp³-hybridized carbons (Fsp3) is 0.294. The van der Waals surface area contributed by atoms with E-state index in [1.165, 1.54) is 17.0 Å². The first-order valence-electron chi connectivity index (χ1n) is 7.78. The highest BCUT2D eigenvalue weighted by molar-refractivity contribution is 7.15. The van der Waals surface area contributed by atoms with Gasteiger partial charge in [-0.2, -0.15) is 0 Å². The summed E-state index contributed by atoms with van der Waals surface area (Å²) in [5, 5.41) is 1.89. The Morgan fingerprint density at radius 3 is 2.65 bits per heavy atom. The zero-order chi connectivity index (χ0) is 15.6. The molecule has 23 heavy (non-hydrogen) atoms. The Morgan fingerprint density at radius 1 is 1.09 bits per heavy atom. The summed E-state index contributed by atoms with van der Waals surface area (Å²) in [7, 11) is 0. The van der Waals surface area contributed by atoms with Crippen LogP contribution in [0.15, 0.2) is 52.8 Å². The van der Waals surface area contributed by atoms with Gasteiger partial charge in [-0.1, -0.05) is 18.2 Å². The Labute approximate surface area is 138 Å². The fourth-order valence-corrected chi connectivity index (χ4v) is 3.74. The van der Waals surface area contributed by atoms with E-state index < -0.39 is 0 Å². The van der Waals surface area contributed by atoms with Gasteiger partial charge in [-0.05, 0) is 12.1 Å². The Morgan fingerprint density at radius 2 is 1.87 bits per heavy atom. The van der Waals surface area contributed by atoms with Gasteiger partial charge in [0.05, 0.1) is 5.69 Å². The third kappa shape index (κ3) is 3.00. The fourth-order valence-electron chi connectivity index (χ4n) is 3.00. The quantitative estimate of drug-likeness (QED) is 0.739. The molecule has 0 aliphatic carbocycles. The molecular weight excluding hydrogens is 308 g/mol. The van der Waals surface area contributed by atoms with Crippen LogP contribution in [0.5, 0.6) is 0 Å². The molecule has 0 radical (unpaired) electrons. The van der Waals surface area contributed by atoms with Crippen LogP contribution in [0.25, 0.3) is 4.96 Å². The van der Waals surface area contributed by atoms with E-state index in [1.807, 2.05) is 11.4 Å². The van der Waals surface area contributed by atoms with Gasteiger partial charge in [-0.25, -0.2) is 4.98 Å². The summed E-state index contributed by atoms with van der Waals surface area (Å²) in [6, 6.07) is 12.2. The number of thiazole rings is 1. The molecule has 0 bridgehead atoms. The highest BCUT2D eigenvalue weighted by Gasteiger charge is 2.18. The van der Waals surface area contributed by atoms with Gasteiger partial charge in [0.2, 0.25) is 0 Å². The lowest BCUT2D eigenvalue weighted by molar-refractivity contribution is 0.247. The van der Waals surface area contributed by atoms with Gasteiger partial charge >= 0.3 is 0 Å². The molecule has 4 rings (SSSR count). The van der Waals surface area contributed by atoms with Crippen LogP contribution in [0.3, 0.4) is 0 Å². The third-order valence-electron chi connectivity index (χ3n) is 4.24. The number of nitrogens with zero attached hydrogens (tertiary/aromatic N) is 4. The molecule has 5 nitrogen and oxygen atoms in total. The van der Waals surface area contributed by atoms with E-state index in [4.69, 9.17) is 0 Å². The van der Waals surface area contributed by atoms with E-state index in [0.29, 0.717) is 0 Å². The summed E-state index contributed by atoms with van der Waals surface area (Å²) in [5.74, 6) is 0. The van der Waals surface area contributed by atoms with Crippen LogP contribution in [0, 0.1) is 0 Å². The molecule has 0 saturated carbocycles. The molecular formula is C17H18N4OS. The van der Waals surface area contributed by atoms with Gasteiger partial charge in [0.25, 0.3) is 5.56 Å². The number of piperazine rings is 1. The maximum atomic E-state index is 12.0. The van der Waals surface area contributed by atoms with E-state index in [1.54, 1.807) is 16.7 Å². The Kier molecular flexibility index (Phi) is 3.85. The second kappa shape index (κ2) is 6.14. The molecule has 0 spiro atoms. The van der Waals surface area contributed by atoms with Crippen LogP contribution in [0.1, 0.15) is 5.69 Å². The lowest BCUT2D eigenvalue weighted by Gasteiger charge is -2.35. The molecule has 1 aliphatic heterocycles. The zero-order valence-corrected chi connectivity index (χ0v) is 13.6.